The van der Waals surface area contributed by atoms with Gasteiger partial charge in [-0.15, -0.1) is 0 Å². The van der Waals surface area contributed by atoms with Crippen LogP contribution in [0.15, 0.2) is 142 Å². The molecule has 0 heterocycles. The molecule has 2 aromatic carbocycles. The van der Waals surface area contributed by atoms with Crippen LogP contribution in [0.25, 0.3) is 0 Å². The molecule has 52 heavy (non-hydrogen) atoms. The van der Waals surface area contributed by atoms with Crippen LogP contribution in [0.2, 0.25) is 13.7 Å². The third-order valence-electron chi connectivity index (χ3n) is 16.5. The summed E-state index contributed by atoms with van der Waals surface area (Å²) in [5.74, 6) is 0.375. The Morgan fingerprint density at radius 2 is 1.10 bits per heavy atom. The number of allylic oxidation sites excluding steroid dienone is 16. The Bertz CT molecular complexity index is 2030. The largest absolute Gasteiger partial charge is 1.00 e. The first-order valence-electron chi connectivity index (χ1n) is 18.4. The molecular formula is C47H50Cl4Hf. The second-order valence-corrected chi connectivity index (χ2v) is 27.3. The first-order valence-corrected chi connectivity index (χ1v) is 24.8. The van der Waals surface area contributed by atoms with Crippen molar-refractivity contribution in [2.45, 2.75) is 65.5 Å². The minimum Gasteiger partial charge on any atom is -1.00 e. The van der Waals surface area contributed by atoms with Gasteiger partial charge in [-0.25, -0.2) is 0 Å². The van der Waals surface area contributed by atoms with Crippen LogP contribution in [0.4, 0.5) is 0 Å². The number of halogens is 4. The summed E-state index contributed by atoms with van der Waals surface area (Å²) in [5.41, 5.74) is 3.28. The zero-order valence-electron chi connectivity index (χ0n) is 31.6. The fraction of sp³-hybridized carbons (Fsp3) is 0.383. The summed E-state index contributed by atoms with van der Waals surface area (Å²) < 4.78 is 3.73. The quantitative estimate of drug-likeness (QED) is 0.283. The molecule has 270 valence electrons. The third-order valence-corrected chi connectivity index (χ3v) is 30.4. The van der Waals surface area contributed by atoms with Gasteiger partial charge in [0, 0.05) is 0 Å². The van der Waals surface area contributed by atoms with Crippen LogP contribution in [-0.2, 0) is 21.0 Å². The summed E-state index contributed by atoms with van der Waals surface area (Å²) in [6, 6.07) is 17.5. The van der Waals surface area contributed by atoms with Gasteiger partial charge in [-0.2, -0.15) is 0 Å². The summed E-state index contributed by atoms with van der Waals surface area (Å²) in [6.45, 7) is 21.1. The molecule has 9 unspecified atom stereocenters. The topological polar surface area (TPSA) is 0 Å². The summed E-state index contributed by atoms with van der Waals surface area (Å²) >= 11 is 9.92. The van der Waals surface area contributed by atoms with E-state index in [1.165, 1.54) is 16.7 Å². The molecule has 8 rings (SSSR count). The molecule has 9 atom stereocenters. The maximum atomic E-state index is 6.61. The van der Waals surface area contributed by atoms with Gasteiger partial charge in [0.05, 0.1) is 0 Å². The fourth-order valence-corrected chi connectivity index (χ4v) is 29.8. The minimum atomic E-state index is -3.29. The molecule has 0 amide bonds. The Kier molecular flexibility index (Phi) is 10.1. The molecule has 0 spiro atoms. The molecule has 2 saturated carbocycles. The Morgan fingerprint density at radius 3 is 1.60 bits per heavy atom. The van der Waals surface area contributed by atoms with Crippen molar-refractivity contribution in [3.05, 3.63) is 164 Å². The summed E-state index contributed by atoms with van der Waals surface area (Å²) in [6.07, 6.45) is 35.7. The van der Waals surface area contributed by atoms with E-state index in [1.54, 1.807) is 6.58 Å². The average molecular weight is 935 g/mol. The van der Waals surface area contributed by atoms with Gasteiger partial charge in [0.2, 0.25) is 0 Å². The maximum absolute atomic E-state index is 6.61. The molecule has 5 heteroatoms. The van der Waals surface area contributed by atoms with E-state index in [4.69, 9.17) is 23.2 Å². The van der Waals surface area contributed by atoms with Crippen LogP contribution in [0, 0.1) is 43.8 Å². The first-order chi connectivity index (χ1) is 23.7. The molecule has 2 aromatic rings. The molecule has 0 nitrogen and oxygen atoms in total. The Morgan fingerprint density at radius 1 is 0.615 bits per heavy atom. The van der Waals surface area contributed by atoms with Crippen LogP contribution in [0.3, 0.4) is 0 Å². The van der Waals surface area contributed by atoms with E-state index in [0.717, 1.165) is 16.5 Å². The van der Waals surface area contributed by atoms with Gasteiger partial charge >= 0.3 is 320 Å². The van der Waals surface area contributed by atoms with E-state index in [1.807, 2.05) is 0 Å². The van der Waals surface area contributed by atoms with Gasteiger partial charge in [-0.1, -0.05) is 0 Å². The van der Waals surface area contributed by atoms with Gasteiger partial charge in [0.25, 0.3) is 0 Å². The van der Waals surface area contributed by atoms with Crippen molar-refractivity contribution >= 4 is 26.5 Å². The molecule has 2 fully saturated rings. The summed E-state index contributed by atoms with van der Waals surface area (Å²) in [5, 5.41) is 1.56. The molecular weight excluding hydrogens is 885 g/mol. The van der Waals surface area contributed by atoms with Crippen molar-refractivity contribution in [2.75, 3.05) is 0 Å². The van der Waals surface area contributed by atoms with Gasteiger partial charge in [0.15, 0.2) is 0 Å². The number of fused-ring (bicyclic) bond motifs is 8. The van der Waals surface area contributed by atoms with Gasteiger partial charge in [-0.05, 0) is 0 Å². The van der Waals surface area contributed by atoms with E-state index in [0.29, 0.717) is 9.59 Å². The SMILES string of the molecule is CC1=CC=CC2[CH]([Hf+2]([C]3=CC=CC3)=[C](c3ccc(Cl)cc3)c3ccc(Cl)cc3)C3(C)C4(C)C=CC=CC4(C)C4(C)C=CC=CC4(C)C3(C)C12C.[Cl-].[Cl-]. The van der Waals surface area contributed by atoms with E-state index in [2.05, 4.69) is 189 Å². The standard InChI is InChI=1S/C29H37.C13H8Cl2.C5H5.2ClH.Hf/c1-21-14-13-15-22-20-27(6)25(4)18-10-9-16-23(25,2)24(3)17-11-12-19-26(24,5)29(27,8)28(21,22)7;14-12-5-1-10(2-6-12)9-11-3-7-13(15)8-4-11;1-2-4-5-3-1;;;/h9-20,22H,1-8H3;1-8H;1-3H,4H2;2*1H;/q;;;;;+2/p-2. The monoisotopic (exact) mass is 934 g/mol. The Balaban J connectivity index is 0.00000232. The van der Waals surface area contributed by atoms with Crippen LogP contribution >= 0.6 is 23.2 Å². The second kappa shape index (κ2) is 13.2. The number of hydrogen-bond donors (Lipinski definition) is 0. The first kappa shape index (κ1) is 39.9. The third kappa shape index (κ3) is 4.53. The zero-order valence-corrected chi connectivity index (χ0v) is 38.2. The average Bonchev–Trinajstić information content (AvgIpc) is 3.69. The smallest absolute Gasteiger partial charge is 1.00 e. The van der Waals surface area contributed by atoms with Crippen LogP contribution in [-0.4, -0.2) is 3.26 Å². The fourth-order valence-electron chi connectivity index (χ4n) is 13.1. The molecule has 6 aliphatic rings. The molecule has 0 radical (unpaired) electrons. The maximum Gasteiger partial charge on any atom is -1.00 e. The molecule has 0 aliphatic heterocycles. The van der Waals surface area contributed by atoms with Gasteiger partial charge in [0.1, 0.15) is 0 Å². The molecule has 0 N–H and O–H groups in total. The van der Waals surface area contributed by atoms with Crippen LogP contribution in [0.5, 0.6) is 0 Å². The molecule has 0 saturated heterocycles. The van der Waals surface area contributed by atoms with Crippen molar-refractivity contribution in [1.29, 1.82) is 0 Å². The van der Waals surface area contributed by atoms with Gasteiger partial charge in [-0.3, -0.25) is 0 Å². The second-order valence-electron chi connectivity index (χ2n) is 17.1. The number of rotatable bonds is 4. The van der Waals surface area contributed by atoms with E-state index in [-0.39, 0.29) is 62.7 Å². The van der Waals surface area contributed by atoms with Gasteiger partial charge < -0.3 is 24.8 Å². The van der Waals surface area contributed by atoms with Crippen molar-refractivity contribution in [3.63, 3.8) is 0 Å². The predicted molar refractivity (Wildman–Crippen MR) is 211 cm³/mol. The molecule has 0 aromatic heterocycles. The summed E-state index contributed by atoms with van der Waals surface area (Å²) in [4.78, 5) is 0. The normalized spacial score (nSPS) is 39.9. The van der Waals surface area contributed by atoms with Crippen molar-refractivity contribution in [1.82, 2.24) is 0 Å². The number of hydrogen-bond acceptors (Lipinski definition) is 0. The molecule has 6 aliphatic carbocycles. The van der Waals surface area contributed by atoms with E-state index < -0.39 is 21.0 Å². The van der Waals surface area contributed by atoms with E-state index in [9.17, 15) is 0 Å². The number of benzene rings is 2. The predicted octanol–water partition coefficient (Wildman–Crippen LogP) is 7.28. The molecule has 0 bridgehead atoms. The van der Waals surface area contributed by atoms with Crippen molar-refractivity contribution in [2.24, 2.45) is 43.8 Å². The zero-order chi connectivity index (χ0) is 35.5. The summed E-state index contributed by atoms with van der Waals surface area (Å²) in [7, 11) is 0. The van der Waals surface area contributed by atoms with E-state index >= 15 is 0 Å². The van der Waals surface area contributed by atoms with Crippen LogP contribution < -0.4 is 24.8 Å². The Labute approximate surface area is 342 Å². The van der Waals surface area contributed by atoms with Crippen molar-refractivity contribution < 1.29 is 45.8 Å². The van der Waals surface area contributed by atoms with Crippen LogP contribution in [0.1, 0.15) is 72.9 Å². The van der Waals surface area contributed by atoms with Crippen molar-refractivity contribution in [3.8, 4) is 0 Å². The Hall–Kier alpha value is -1.74. The minimum absolute atomic E-state index is 0.